The standard InChI is InChI=1S/C18H16N3O2.Co/c19-11-14-7-4-10-21(14)17(22)12-20-18(23)16-9-3-6-13-5-1-2-8-15(13)16;/h1,3,5-6,8-9,14H,4,7,10,12H2,(H,20,23);/q-1;/t14-;/m0./s1. The number of hydrogen-bond donors (Lipinski definition) is 1. The summed E-state index contributed by atoms with van der Waals surface area (Å²) in [6.45, 7) is 0.486. The van der Waals surface area contributed by atoms with E-state index in [0.29, 0.717) is 18.5 Å². The van der Waals surface area contributed by atoms with Crippen molar-refractivity contribution in [3.05, 3.63) is 48.0 Å². The van der Waals surface area contributed by atoms with Gasteiger partial charge in [-0.1, -0.05) is 18.2 Å². The molecule has 1 atom stereocenters. The van der Waals surface area contributed by atoms with Crippen LogP contribution in [0.25, 0.3) is 10.8 Å². The number of carbonyl (C=O) groups excluding carboxylic acids is 2. The molecule has 5 nitrogen and oxygen atoms in total. The molecule has 6 heteroatoms. The van der Waals surface area contributed by atoms with Crippen molar-refractivity contribution in [3.63, 3.8) is 0 Å². The Hall–Kier alpha value is -2.36. The molecule has 2 aromatic carbocycles. The van der Waals surface area contributed by atoms with E-state index in [0.717, 1.165) is 17.2 Å². The first-order valence-corrected chi connectivity index (χ1v) is 7.57. The molecule has 2 aromatic rings. The third kappa shape index (κ3) is 3.58. The van der Waals surface area contributed by atoms with Gasteiger partial charge < -0.3 is 10.2 Å². The molecule has 0 bridgehead atoms. The Morgan fingerprint density at radius 3 is 3.00 bits per heavy atom. The molecule has 0 aliphatic carbocycles. The summed E-state index contributed by atoms with van der Waals surface area (Å²) in [5.74, 6) is -0.509. The van der Waals surface area contributed by atoms with E-state index in [9.17, 15) is 9.59 Å². The minimum absolute atomic E-state index is 0. The molecule has 2 amide bonds. The number of carbonyl (C=O) groups is 2. The number of likely N-dealkylation sites (tertiary alicyclic amines) is 1. The Bertz CT molecular complexity index is 795. The molecule has 1 heterocycles. The summed E-state index contributed by atoms with van der Waals surface area (Å²) in [4.78, 5) is 26.1. The van der Waals surface area contributed by atoms with Crippen molar-refractivity contribution in [1.82, 2.24) is 10.2 Å². The average molecular weight is 365 g/mol. The van der Waals surface area contributed by atoms with Crippen LogP contribution in [0, 0.1) is 17.4 Å². The van der Waals surface area contributed by atoms with Crippen LogP contribution in [0.4, 0.5) is 0 Å². The number of rotatable bonds is 3. The molecular weight excluding hydrogens is 349 g/mol. The summed E-state index contributed by atoms with van der Waals surface area (Å²) in [6, 6.07) is 15.6. The number of benzene rings is 2. The van der Waals surface area contributed by atoms with Crippen molar-refractivity contribution in [2.24, 2.45) is 0 Å². The zero-order chi connectivity index (χ0) is 16.2. The van der Waals surface area contributed by atoms with Crippen LogP contribution < -0.4 is 5.32 Å². The summed E-state index contributed by atoms with van der Waals surface area (Å²) >= 11 is 0. The third-order valence-electron chi connectivity index (χ3n) is 4.09. The molecule has 24 heavy (non-hydrogen) atoms. The third-order valence-corrected chi connectivity index (χ3v) is 4.09. The van der Waals surface area contributed by atoms with Crippen molar-refractivity contribution >= 4 is 22.6 Å². The SMILES string of the molecule is N#C[C@@H]1CCCN1C(=O)CNC(=O)c1cccc2cc[c-]cc12.[Co]. The van der Waals surface area contributed by atoms with Crippen LogP contribution in [-0.4, -0.2) is 35.8 Å². The molecule has 1 fully saturated rings. The maximum atomic E-state index is 12.4. The Morgan fingerprint density at radius 2 is 2.21 bits per heavy atom. The number of amides is 2. The summed E-state index contributed by atoms with van der Waals surface area (Å²) in [5.41, 5.74) is 0.519. The van der Waals surface area contributed by atoms with Gasteiger partial charge in [0.1, 0.15) is 6.04 Å². The van der Waals surface area contributed by atoms with Crippen molar-refractivity contribution in [2.75, 3.05) is 13.1 Å². The maximum absolute atomic E-state index is 12.4. The molecule has 1 aliphatic heterocycles. The van der Waals surface area contributed by atoms with E-state index in [2.05, 4.69) is 17.5 Å². The fraction of sp³-hybridized carbons (Fsp3) is 0.278. The van der Waals surface area contributed by atoms with Crippen LogP contribution in [0.1, 0.15) is 23.2 Å². The fourth-order valence-electron chi connectivity index (χ4n) is 2.91. The Kier molecular flexibility index (Phi) is 5.96. The quantitative estimate of drug-likeness (QED) is 0.845. The van der Waals surface area contributed by atoms with Crippen molar-refractivity contribution < 1.29 is 26.4 Å². The number of nitrogens with one attached hydrogen (secondary N) is 1. The van der Waals surface area contributed by atoms with Gasteiger partial charge in [-0.05, 0) is 18.4 Å². The minimum atomic E-state index is -0.369. The molecule has 0 saturated carbocycles. The van der Waals surface area contributed by atoms with Crippen LogP contribution >= 0.6 is 0 Å². The average Bonchev–Trinajstić information content (AvgIpc) is 3.07. The van der Waals surface area contributed by atoms with Gasteiger partial charge in [0.2, 0.25) is 11.8 Å². The number of hydrogen-bond acceptors (Lipinski definition) is 3. The Morgan fingerprint density at radius 1 is 1.38 bits per heavy atom. The topological polar surface area (TPSA) is 73.2 Å². The molecule has 0 unspecified atom stereocenters. The van der Waals surface area contributed by atoms with Gasteiger partial charge >= 0.3 is 0 Å². The van der Waals surface area contributed by atoms with Gasteiger partial charge in [-0.15, -0.1) is 10.8 Å². The van der Waals surface area contributed by atoms with E-state index in [-0.39, 0.29) is 41.2 Å². The summed E-state index contributed by atoms with van der Waals surface area (Å²) in [6.07, 6.45) is 1.53. The van der Waals surface area contributed by atoms with Gasteiger partial charge in [0, 0.05) is 23.3 Å². The van der Waals surface area contributed by atoms with E-state index < -0.39 is 0 Å². The first-order valence-electron chi connectivity index (χ1n) is 7.57. The van der Waals surface area contributed by atoms with Gasteiger partial charge in [-0.25, -0.2) is 0 Å². The zero-order valence-electron chi connectivity index (χ0n) is 12.9. The first kappa shape index (κ1) is 18.0. The molecule has 1 radical (unpaired) electrons. The fourth-order valence-corrected chi connectivity index (χ4v) is 2.91. The van der Waals surface area contributed by atoms with Crippen LogP contribution in [0.5, 0.6) is 0 Å². The van der Waals surface area contributed by atoms with E-state index in [1.807, 2.05) is 18.2 Å². The van der Waals surface area contributed by atoms with Crippen molar-refractivity contribution in [3.8, 4) is 6.07 Å². The van der Waals surface area contributed by atoms with Gasteiger partial charge in [0.15, 0.2) is 0 Å². The van der Waals surface area contributed by atoms with Crippen molar-refractivity contribution in [2.45, 2.75) is 18.9 Å². The maximum Gasteiger partial charge on any atom is 0.243 e. The normalized spacial score (nSPS) is 16.3. The predicted octanol–water partition coefficient (Wildman–Crippen LogP) is 1.88. The summed E-state index contributed by atoms with van der Waals surface area (Å²) < 4.78 is 0. The van der Waals surface area contributed by atoms with Gasteiger partial charge in [-0.2, -0.15) is 29.5 Å². The summed E-state index contributed by atoms with van der Waals surface area (Å²) in [7, 11) is 0. The number of nitriles is 1. The monoisotopic (exact) mass is 365 g/mol. The molecule has 1 aliphatic rings. The molecule has 0 aromatic heterocycles. The van der Waals surface area contributed by atoms with Crippen molar-refractivity contribution in [1.29, 1.82) is 5.26 Å². The molecule has 3 rings (SSSR count). The van der Waals surface area contributed by atoms with E-state index in [1.165, 1.54) is 4.90 Å². The van der Waals surface area contributed by atoms with Crippen LogP contribution in [-0.2, 0) is 21.6 Å². The Labute approximate surface area is 150 Å². The predicted molar refractivity (Wildman–Crippen MR) is 85.5 cm³/mol. The summed E-state index contributed by atoms with van der Waals surface area (Å²) in [5, 5.41) is 13.4. The number of fused-ring (bicyclic) bond motifs is 1. The minimum Gasteiger partial charge on any atom is -0.344 e. The smallest absolute Gasteiger partial charge is 0.243 e. The van der Waals surface area contributed by atoms with Crippen LogP contribution in [0.3, 0.4) is 0 Å². The molecule has 1 N–H and O–H groups in total. The zero-order valence-corrected chi connectivity index (χ0v) is 14.0. The van der Waals surface area contributed by atoms with Gasteiger partial charge in [-0.3, -0.25) is 9.59 Å². The Balaban J connectivity index is 0.00000208. The molecule has 125 valence electrons. The second-order valence-corrected chi connectivity index (χ2v) is 5.51. The van der Waals surface area contributed by atoms with E-state index in [4.69, 9.17) is 5.26 Å². The molecular formula is C18H16CoN3O2-. The molecule has 0 spiro atoms. The van der Waals surface area contributed by atoms with Gasteiger partial charge in [0.05, 0.1) is 12.6 Å². The second kappa shape index (κ2) is 7.95. The van der Waals surface area contributed by atoms with Crippen LogP contribution in [0.15, 0.2) is 36.4 Å². The van der Waals surface area contributed by atoms with Crippen LogP contribution in [0.2, 0.25) is 0 Å². The first-order chi connectivity index (χ1) is 11.2. The number of nitrogens with zero attached hydrogens (tertiary/aromatic N) is 2. The van der Waals surface area contributed by atoms with E-state index in [1.54, 1.807) is 18.2 Å². The second-order valence-electron chi connectivity index (χ2n) is 5.51. The molecule has 1 saturated heterocycles. The largest absolute Gasteiger partial charge is 0.344 e. The van der Waals surface area contributed by atoms with Gasteiger partial charge in [0.25, 0.3) is 0 Å². The van der Waals surface area contributed by atoms with E-state index >= 15 is 0 Å².